The molecule has 1 fully saturated rings. The van der Waals surface area contributed by atoms with Crippen LogP contribution in [0.3, 0.4) is 0 Å². The SMILES string of the molecule is CCc1nsc(NC2(C(F)(F)F)CC2)n1. The van der Waals surface area contributed by atoms with Crippen LogP contribution in [-0.2, 0) is 6.42 Å². The summed E-state index contributed by atoms with van der Waals surface area (Å²) in [4.78, 5) is 3.96. The lowest BCUT2D eigenvalue weighted by atomic mass is 10.3. The fraction of sp³-hybridized carbons (Fsp3) is 0.750. The Balaban J connectivity index is 2.09. The second kappa shape index (κ2) is 3.33. The maximum absolute atomic E-state index is 12.6. The second-order valence-corrected chi connectivity index (χ2v) is 4.33. The van der Waals surface area contributed by atoms with E-state index in [0.717, 1.165) is 11.5 Å². The molecule has 0 spiro atoms. The number of rotatable bonds is 3. The monoisotopic (exact) mass is 237 g/mol. The highest BCUT2D eigenvalue weighted by Gasteiger charge is 2.63. The molecule has 0 atom stereocenters. The van der Waals surface area contributed by atoms with Crippen LogP contribution >= 0.6 is 11.5 Å². The number of nitrogens with zero attached hydrogens (tertiary/aromatic N) is 2. The molecule has 7 heteroatoms. The minimum atomic E-state index is -4.20. The number of aryl methyl sites for hydroxylation is 1. The Bertz CT molecular complexity index is 356. The van der Waals surface area contributed by atoms with Gasteiger partial charge in [0.1, 0.15) is 11.4 Å². The smallest absolute Gasteiger partial charge is 0.346 e. The molecule has 0 aliphatic heterocycles. The molecule has 0 aromatic carbocycles. The maximum atomic E-state index is 12.6. The molecule has 1 aliphatic rings. The molecule has 3 nitrogen and oxygen atoms in total. The van der Waals surface area contributed by atoms with Gasteiger partial charge < -0.3 is 5.32 Å². The van der Waals surface area contributed by atoms with Crippen LogP contribution in [0.4, 0.5) is 18.3 Å². The third-order valence-corrected chi connectivity index (χ3v) is 3.09. The van der Waals surface area contributed by atoms with Crippen molar-refractivity contribution >= 4 is 16.7 Å². The van der Waals surface area contributed by atoms with Crippen LogP contribution in [-0.4, -0.2) is 21.1 Å². The molecule has 1 heterocycles. The van der Waals surface area contributed by atoms with Crippen LogP contribution in [0.25, 0.3) is 0 Å². The molecule has 1 aromatic heterocycles. The van der Waals surface area contributed by atoms with Crippen LogP contribution in [0, 0.1) is 0 Å². The average molecular weight is 237 g/mol. The molecule has 1 saturated carbocycles. The van der Waals surface area contributed by atoms with E-state index in [1.807, 2.05) is 6.92 Å². The van der Waals surface area contributed by atoms with Crippen molar-refractivity contribution in [1.82, 2.24) is 9.36 Å². The minimum Gasteiger partial charge on any atom is -0.346 e. The summed E-state index contributed by atoms with van der Waals surface area (Å²) in [6.07, 6.45) is -3.32. The van der Waals surface area contributed by atoms with E-state index in [9.17, 15) is 13.2 Å². The lowest BCUT2D eigenvalue weighted by Crippen LogP contribution is -2.38. The van der Waals surface area contributed by atoms with Gasteiger partial charge in [0.15, 0.2) is 0 Å². The van der Waals surface area contributed by atoms with E-state index in [1.165, 1.54) is 0 Å². The highest BCUT2D eigenvalue weighted by atomic mass is 32.1. The summed E-state index contributed by atoms with van der Waals surface area (Å²) >= 11 is 0.985. The van der Waals surface area contributed by atoms with Gasteiger partial charge in [0.25, 0.3) is 0 Å². The van der Waals surface area contributed by atoms with Crippen LogP contribution in [0.2, 0.25) is 0 Å². The minimum absolute atomic E-state index is 0.123. The molecule has 1 aliphatic carbocycles. The van der Waals surface area contributed by atoms with Gasteiger partial charge in [-0.1, -0.05) is 6.92 Å². The van der Waals surface area contributed by atoms with E-state index < -0.39 is 11.7 Å². The Morgan fingerprint density at radius 2 is 2.13 bits per heavy atom. The quantitative estimate of drug-likeness (QED) is 0.878. The Morgan fingerprint density at radius 1 is 1.47 bits per heavy atom. The van der Waals surface area contributed by atoms with Crippen molar-refractivity contribution in [3.05, 3.63) is 5.82 Å². The Morgan fingerprint density at radius 3 is 2.53 bits per heavy atom. The molecule has 84 valence electrons. The van der Waals surface area contributed by atoms with Gasteiger partial charge in [0.2, 0.25) is 5.13 Å². The summed E-state index contributed by atoms with van der Waals surface area (Å²) < 4.78 is 41.6. The zero-order valence-electron chi connectivity index (χ0n) is 8.06. The van der Waals surface area contributed by atoms with E-state index in [2.05, 4.69) is 14.7 Å². The summed E-state index contributed by atoms with van der Waals surface area (Å²) in [5.41, 5.74) is -1.74. The van der Waals surface area contributed by atoms with E-state index in [0.29, 0.717) is 12.2 Å². The molecular weight excluding hydrogens is 227 g/mol. The molecule has 0 amide bonds. The van der Waals surface area contributed by atoms with E-state index in [4.69, 9.17) is 0 Å². The fourth-order valence-corrected chi connectivity index (χ4v) is 2.01. The van der Waals surface area contributed by atoms with Crippen LogP contribution in [0.1, 0.15) is 25.6 Å². The lowest BCUT2D eigenvalue weighted by Gasteiger charge is -2.19. The molecule has 0 saturated heterocycles. The molecule has 0 unspecified atom stereocenters. The topological polar surface area (TPSA) is 37.8 Å². The highest BCUT2D eigenvalue weighted by molar-refractivity contribution is 7.09. The lowest BCUT2D eigenvalue weighted by molar-refractivity contribution is -0.151. The van der Waals surface area contributed by atoms with Gasteiger partial charge in [-0.25, -0.2) is 4.98 Å². The van der Waals surface area contributed by atoms with Crippen molar-refractivity contribution in [2.75, 3.05) is 5.32 Å². The van der Waals surface area contributed by atoms with Gasteiger partial charge in [-0.15, -0.1) is 0 Å². The van der Waals surface area contributed by atoms with Crippen molar-refractivity contribution in [2.45, 2.75) is 37.9 Å². The average Bonchev–Trinajstić information content (AvgIpc) is 2.78. The van der Waals surface area contributed by atoms with Gasteiger partial charge in [-0.3, -0.25) is 0 Å². The van der Waals surface area contributed by atoms with Crippen LogP contribution in [0.5, 0.6) is 0 Å². The number of anilines is 1. The number of hydrogen-bond acceptors (Lipinski definition) is 4. The van der Waals surface area contributed by atoms with Crippen molar-refractivity contribution in [2.24, 2.45) is 0 Å². The normalized spacial score (nSPS) is 18.9. The molecule has 2 rings (SSSR count). The van der Waals surface area contributed by atoms with Crippen molar-refractivity contribution in [3.63, 3.8) is 0 Å². The van der Waals surface area contributed by atoms with E-state index in [1.54, 1.807) is 0 Å². The zero-order valence-corrected chi connectivity index (χ0v) is 8.87. The largest absolute Gasteiger partial charge is 0.411 e. The summed E-state index contributed by atoms with van der Waals surface area (Å²) in [5, 5.41) is 2.71. The van der Waals surface area contributed by atoms with Crippen LogP contribution < -0.4 is 5.32 Å². The first-order valence-electron chi connectivity index (χ1n) is 4.64. The fourth-order valence-electron chi connectivity index (χ4n) is 1.26. The van der Waals surface area contributed by atoms with Crippen molar-refractivity contribution in [1.29, 1.82) is 0 Å². The number of aromatic nitrogens is 2. The van der Waals surface area contributed by atoms with Gasteiger partial charge in [-0.2, -0.15) is 17.5 Å². The van der Waals surface area contributed by atoms with Gasteiger partial charge in [0, 0.05) is 18.0 Å². The molecular formula is C8H10F3N3S. The number of halogens is 3. The number of nitrogens with one attached hydrogen (secondary N) is 1. The summed E-state index contributed by atoms with van der Waals surface area (Å²) in [7, 11) is 0. The Kier molecular flexibility index (Phi) is 2.37. The van der Waals surface area contributed by atoms with Gasteiger partial charge in [0.05, 0.1) is 0 Å². The predicted octanol–water partition coefficient (Wildman–Crippen LogP) is 2.61. The molecule has 0 radical (unpaired) electrons. The van der Waals surface area contributed by atoms with Gasteiger partial charge in [-0.05, 0) is 12.8 Å². The first-order valence-corrected chi connectivity index (χ1v) is 5.42. The summed E-state index contributed by atoms with van der Waals surface area (Å²) in [6, 6.07) is 0. The zero-order chi connectivity index (χ0) is 11.1. The third kappa shape index (κ3) is 1.92. The molecule has 1 N–H and O–H groups in total. The standard InChI is InChI=1S/C8H10F3N3S/c1-2-5-12-6(15-14-5)13-7(3-4-7)8(9,10)11/h2-4H2,1H3,(H,12,13,14). The maximum Gasteiger partial charge on any atom is 0.411 e. The van der Waals surface area contributed by atoms with Crippen LogP contribution in [0.15, 0.2) is 0 Å². The molecule has 0 bridgehead atoms. The third-order valence-electron chi connectivity index (χ3n) is 2.42. The van der Waals surface area contributed by atoms with Crippen molar-refractivity contribution in [3.8, 4) is 0 Å². The molecule has 1 aromatic rings. The predicted molar refractivity (Wildman–Crippen MR) is 50.9 cm³/mol. The first-order chi connectivity index (χ1) is 6.97. The number of hydrogen-bond donors (Lipinski definition) is 1. The summed E-state index contributed by atoms with van der Waals surface area (Å²) in [6.45, 7) is 1.86. The Labute approximate surface area is 88.9 Å². The second-order valence-electron chi connectivity index (χ2n) is 3.57. The Hall–Kier alpha value is -0.850. The van der Waals surface area contributed by atoms with Gasteiger partial charge >= 0.3 is 6.18 Å². The number of alkyl halides is 3. The summed E-state index contributed by atoms with van der Waals surface area (Å²) in [5.74, 6) is 0.584. The first kappa shape index (κ1) is 10.7. The van der Waals surface area contributed by atoms with E-state index in [-0.39, 0.29) is 18.0 Å². The van der Waals surface area contributed by atoms with E-state index >= 15 is 0 Å². The van der Waals surface area contributed by atoms with Crippen molar-refractivity contribution < 1.29 is 13.2 Å². The highest BCUT2D eigenvalue weighted by Crippen LogP contribution is 2.51. The molecule has 15 heavy (non-hydrogen) atoms.